The Labute approximate surface area is 97.6 Å². The summed E-state index contributed by atoms with van der Waals surface area (Å²) in [5.41, 5.74) is 6.21. The second-order valence-electron chi connectivity index (χ2n) is 3.95. The van der Waals surface area contributed by atoms with Crippen LogP contribution in [-0.4, -0.2) is 12.3 Å². The van der Waals surface area contributed by atoms with Crippen LogP contribution < -0.4 is 5.73 Å². The standard InChI is InChI=1S/C11H14BrNS/c12-9-1-3-10(4-2-9)14-8-11(7-13)5-6-11/h1-4H,5-8,13H2. The second-order valence-corrected chi connectivity index (χ2v) is 5.91. The van der Waals surface area contributed by atoms with E-state index in [0.717, 1.165) is 11.0 Å². The van der Waals surface area contributed by atoms with Crippen molar-refractivity contribution in [3.05, 3.63) is 28.7 Å². The first-order valence-electron chi connectivity index (χ1n) is 4.83. The van der Waals surface area contributed by atoms with Crippen molar-refractivity contribution in [1.29, 1.82) is 0 Å². The van der Waals surface area contributed by atoms with Crippen LogP contribution in [0.3, 0.4) is 0 Å². The number of hydrogen-bond acceptors (Lipinski definition) is 2. The van der Waals surface area contributed by atoms with Crippen molar-refractivity contribution in [3.8, 4) is 0 Å². The van der Waals surface area contributed by atoms with Crippen LogP contribution in [0.1, 0.15) is 12.8 Å². The fourth-order valence-electron chi connectivity index (χ4n) is 1.35. The number of rotatable bonds is 4. The molecule has 76 valence electrons. The lowest BCUT2D eigenvalue weighted by Crippen LogP contribution is -2.17. The fraction of sp³-hybridized carbons (Fsp3) is 0.455. The van der Waals surface area contributed by atoms with Crippen molar-refractivity contribution in [1.82, 2.24) is 0 Å². The highest BCUT2D eigenvalue weighted by atomic mass is 79.9. The maximum Gasteiger partial charge on any atom is 0.0176 e. The maximum atomic E-state index is 5.74. The van der Waals surface area contributed by atoms with Gasteiger partial charge in [-0.05, 0) is 49.1 Å². The topological polar surface area (TPSA) is 26.0 Å². The van der Waals surface area contributed by atoms with Gasteiger partial charge in [0, 0.05) is 15.1 Å². The molecule has 0 saturated heterocycles. The second kappa shape index (κ2) is 4.25. The van der Waals surface area contributed by atoms with Crippen molar-refractivity contribution in [3.63, 3.8) is 0 Å². The molecule has 0 unspecified atom stereocenters. The van der Waals surface area contributed by atoms with E-state index in [4.69, 9.17) is 5.73 Å². The van der Waals surface area contributed by atoms with E-state index >= 15 is 0 Å². The van der Waals surface area contributed by atoms with Crippen LogP contribution in [0, 0.1) is 5.41 Å². The van der Waals surface area contributed by atoms with E-state index in [1.165, 1.54) is 23.5 Å². The molecule has 1 aliphatic carbocycles. The minimum atomic E-state index is 0.470. The van der Waals surface area contributed by atoms with Crippen molar-refractivity contribution in [2.24, 2.45) is 11.1 Å². The van der Waals surface area contributed by atoms with Crippen molar-refractivity contribution in [2.75, 3.05) is 12.3 Å². The monoisotopic (exact) mass is 271 g/mol. The van der Waals surface area contributed by atoms with Crippen LogP contribution in [0.15, 0.2) is 33.6 Å². The summed E-state index contributed by atoms with van der Waals surface area (Å²) in [5.74, 6) is 1.17. The molecule has 1 aromatic carbocycles. The fourth-order valence-corrected chi connectivity index (χ4v) is 2.82. The third-order valence-electron chi connectivity index (χ3n) is 2.75. The zero-order valence-corrected chi connectivity index (χ0v) is 10.4. The van der Waals surface area contributed by atoms with Crippen LogP contribution in [-0.2, 0) is 0 Å². The number of benzene rings is 1. The highest BCUT2D eigenvalue weighted by molar-refractivity contribution is 9.10. The third kappa shape index (κ3) is 2.53. The van der Waals surface area contributed by atoms with Gasteiger partial charge in [0.2, 0.25) is 0 Å². The minimum Gasteiger partial charge on any atom is -0.330 e. The molecule has 1 saturated carbocycles. The molecule has 1 aliphatic rings. The first-order chi connectivity index (χ1) is 6.74. The lowest BCUT2D eigenvalue weighted by Gasteiger charge is -2.10. The Morgan fingerprint density at radius 1 is 1.29 bits per heavy atom. The van der Waals surface area contributed by atoms with Crippen molar-refractivity contribution in [2.45, 2.75) is 17.7 Å². The van der Waals surface area contributed by atoms with Gasteiger partial charge in [0.15, 0.2) is 0 Å². The Balaban J connectivity index is 1.89. The molecule has 0 radical (unpaired) electrons. The summed E-state index contributed by atoms with van der Waals surface area (Å²) in [5, 5.41) is 0. The summed E-state index contributed by atoms with van der Waals surface area (Å²) in [7, 11) is 0. The molecule has 0 aliphatic heterocycles. The van der Waals surface area contributed by atoms with E-state index in [2.05, 4.69) is 40.2 Å². The van der Waals surface area contributed by atoms with Crippen LogP contribution in [0.2, 0.25) is 0 Å². The molecule has 0 spiro atoms. The van der Waals surface area contributed by atoms with Crippen LogP contribution >= 0.6 is 27.7 Å². The van der Waals surface area contributed by atoms with Gasteiger partial charge in [-0.1, -0.05) is 15.9 Å². The van der Waals surface area contributed by atoms with Gasteiger partial charge in [0.05, 0.1) is 0 Å². The van der Waals surface area contributed by atoms with E-state index in [-0.39, 0.29) is 0 Å². The first-order valence-corrected chi connectivity index (χ1v) is 6.60. The number of nitrogens with two attached hydrogens (primary N) is 1. The summed E-state index contributed by atoms with van der Waals surface area (Å²) in [4.78, 5) is 1.34. The van der Waals surface area contributed by atoms with E-state index < -0.39 is 0 Å². The van der Waals surface area contributed by atoms with E-state index in [9.17, 15) is 0 Å². The Morgan fingerprint density at radius 3 is 2.43 bits per heavy atom. The lowest BCUT2D eigenvalue weighted by atomic mass is 10.1. The molecule has 1 nitrogen and oxygen atoms in total. The van der Waals surface area contributed by atoms with Crippen LogP contribution in [0.4, 0.5) is 0 Å². The zero-order valence-electron chi connectivity index (χ0n) is 8.00. The third-order valence-corrected chi connectivity index (χ3v) is 4.64. The smallest absolute Gasteiger partial charge is 0.0176 e. The van der Waals surface area contributed by atoms with Gasteiger partial charge in [-0.3, -0.25) is 0 Å². The summed E-state index contributed by atoms with van der Waals surface area (Å²) >= 11 is 5.36. The highest BCUT2D eigenvalue weighted by Gasteiger charge is 2.40. The predicted octanol–water partition coefficient (Wildman–Crippen LogP) is 3.28. The maximum absolute atomic E-state index is 5.74. The van der Waals surface area contributed by atoms with Gasteiger partial charge < -0.3 is 5.73 Å². The molecular formula is C11H14BrNS. The summed E-state index contributed by atoms with van der Waals surface area (Å²) in [6, 6.07) is 8.48. The van der Waals surface area contributed by atoms with E-state index in [1.807, 2.05) is 11.8 Å². The van der Waals surface area contributed by atoms with Gasteiger partial charge in [-0.25, -0.2) is 0 Å². The van der Waals surface area contributed by atoms with Crippen LogP contribution in [0.5, 0.6) is 0 Å². The Kier molecular flexibility index (Phi) is 3.20. The molecule has 0 atom stereocenters. The molecule has 14 heavy (non-hydrogen) atoms. The largest absolute Gasteiger partial charge is 0.330 e. The van der Waals surface area contributed by atoms with Crippen LogP contribution in [0.25, 0.3) is 0 Å². The van der Waals surface area contributed by atoms with Crippen molar-refractivity contribution < 1.29 is 0 Å². The molecule has 0 aromatic heterocycles. The van der Waals surface area contributed by atoms with E-state index in [1.54, 1.807) is 0 Å². The zero-order chi connectivity index (χ0) is 10.0. The molecular weight excluding hydrogens is 258 g/mol. The lowest BCUT2D eigenvalue weighted by molar-refractivity contribution is 0.600. The van der Waals surface area contributed by atoms with Gasteiger partial charge in [0.1, 0.15) is 0 Å². The number of hydrogen-bond donors (Lipinski definition) is 1. The number of halogens is 1. The Bertz CT molecular complexity index is 306. The van der Waals surface area contributed by atoms with Gasteiger partial charge in [-0.2, -0.15) is 0 Å². The molecule has 0 amide bonds. The Morgan fingerprint density at radius 2 is 1.93 bits per heavy atom. The average Bonchev–Trinajstić information content (AvgIpc) is 2.98. The molecule has 0 heterocycles. The SMILES string of the molecule is NCC1(CSc2ccc(Br)cc2)CC1. The molecule has 1 aromatic rings. The molecule has 2 rings (SSSR count). The molecule has 1 fully saturated rings. The average molecular weight is 272 g/mol. The Hall–Kier alpha value is 0.01000. The van der Waals surface area contributed by atoms with E-state index in [0.29, 0.717) is 5.41 Å². The summed E-state index contributed by atoms with van der Waals surface area (Å²) in [6.07, 6.45) is 2.63. The normalized spacial score (nSPS) is 18.1. The van der Waals surface area contributed by atoms with Crippen molar-refractivity contribution >= 4 is 27.7 Å². The first kappa shape index (κ1) is 10.5. The quantitative estimate of drug-likeness (QED) is 0.851. The minimum absolute atomic E-state index is 0.470. The van der Waals surface area contributed by atoms with Gasteiger partial charge in [0.25, 0.3) is 0 Å². The summed E-state index contributed by atoms with van der Waals surface area (Å²) < 4.78 is 1.14. The number of thioether (sulfide) groups is 1. The summed E-state index contributed by atoms with van der Waals surface area (Å²) in [6.45, 7) is 0.844. The highest BCUT2D eigenvalue weighted by Crippen LogP contribution is 2.48. The molecule has 2 N–H and O–H groups in total. The van der Waals surface area contributed by atoms with Gasteiger partial charge >= 0.3 is 0 Å². The van der Waals surface area contributed by atoms with Gasteiger partial charge in [-0.15, -0.1) is 11.8 Å². The molecule has 3 heteroatoms. The predicted molar refractivity (Wildman–Crippen MR) is 65.6 cm³/mol. The molecule has 0 bridgehead atoms.